The Morgan fingerprint density at radius 1 is 0.682 bits per heavy atom. The highest BCUT2D eigenvalue weighted by molar-refractivity contribution is 7.91. The summed E-state index contributed by atoms with van der Waals surface area (Å²) in [7, 11) is -8.63. The monoisotopic (exact) mass is 633 g/mol. The van der Waals surface area contributed by atoms with E-state index in [0.717, 1.165) is 17.5 Å². The molecule has 0 aromatic heterocycles. The van der Waals surface area contributed by atoms with E-state index in [1.54, 1.807) is 42.5 Å². The molecule has 0 aliphatic rings. The SMILES string of the molecule is CCNc1ccc2c(O)c(/N=N/c3ccc4ccccc4c3O)ccc2c1/N=N/c1ccc(S(=O)(=O)CC)cc1S(=O)(=O)O. The molecule has 0 bridgehead atoms. The van der Waals surface area contributed by atoms with Crippen LogP contribution in [0.4, 0.5) is 28.4 Å². The Hall–Kier alpha value is -4.92. The van der Waals surface area contributed by atoms with E-state index < -0.39 is 24.9 Å². The molecule has 0 aliphatic carbocycles. The van der Waals surface area contributed by atoms with Gasteiger partial charge in [-0.05, 0) is 60.8 Å². The van der Waals surface area contributed by atoms with Crippen molar-refractivity contribution in [1.29, 1.82) is 0 Å². The van der Waals surface area contributed by atoms with Gasteiger partial charge in [-0.3, -0.25) is 4.55 Å². The predicted molar refractivity (Wildman–Crippen MR) is 168 cm³/mol. The minimum Gasteiger partial charge on any atom is -0.505 e. The third-order valence-corrected chi connectivity index (χ3v) is 9.46. The van der Waals surface area contributed by atoms with Crippen LogP contribution in [0, 0.1) is 0 Å². The second-order valence-corrected chi connectivity index (χ2v) is 13.3. The Kier molecular flexibility index (Phi) is 8.32. The number of phenols is 2. The molecule has 0 unspecified atom stereocenters. The summed E-state index contributed by atoms with van der Waals surface area (Å²) in [5, 5.41) is 43.7. The molecule has 4 N–H and O–H groups in total. The third-order valence-electron chi connectivity index (χ3n) is 6.84. The molecule has 5 aromatic carbocycles. The van der Waals surface area contributed by atoms with Crippen LogP contribution >= 0.6 is 0 Å². The number of nitrogens with zero attached hydrogens (tertiary/aromatic N) is 4. The Balaban J connectivity index is 1.59. The van der Waals surface area contributed by atoms with Gasteiger partial charge in [0.25, 0.3) is 10.1 Å². The number of phenolic OH excluding ortho intramolecular Hbond substituents is 2. The number of fused-ring (bicyclic) bond motifs is 2. The van der Waals surface area contributed by atoms with E-state index in [1.165, 1.54) is 19.1 Å². The minimum atomic E-state index is -4.86. The van der Waals surface area contributed by atoms with E-state index in [1.807, 2.05) is 19.1 Å². The predicted octanol–water partition coefficient (Wildman–Crippen LogP) is 7.71. The molecule has 44 heavy (non-hydrogen) atoms. The molecule has 226 valence electrons. The molecule has 0 spiro atoms. The van der Waals surface area contributed by atoms with Gasteiger partial charge >= 0.3 is 0 Å². The van der Waals surface area contributed by atoms with Gasteiger partial charge in [0.15, 0.2) is 21.3 Å². The summed E-state index contributed by atoms with van der Waals surface area (Å²) in [6.45, 7) is 3.77. The molecule has 14 heteroatoms. The molecule has 0 aliphatic heterocycles. The molecular weight excluding hydrogens is 606 g/mol. The van der Waals surface area contributed by atoms with Crippen molar-refractivity contribution < 1.29 is 31.6 Å². The van der Waals surface area contributed by atoms with Gasteiger partial charge in [-0.2, -0.15) is 8.42 Å². The van der Waals surface area contributed by atoms with Gasteiger partial charge in [0.05, 0.1) is 16.3 Å². The maximum Gasteiger partial charge on any atom is 0.296 e. The average molecular weight is 634 g/mol. The number of azo groups is 2. The molecule has 5 rings (SSSR count). The van der Waals surface area contributed by atoms with E-state index in [2.05, 4.69) is 25.8 Å². The van der Waals surface area contributed by atoms with Gasteiger partial charge in [0.1, 0.15) is 27.6 Å². The van der Waals surface area contributed by atoms with E-state index in [9.17, 15) is 31.6 Å². The molecule has 0 heterocycles. The van der Waals surface area contributed by atoms with Gasteiger partial charge in [-0.15, -0.1) is 20.5 Å². The first-order valence-electron chi connectivity index (χ1n) is 13.4. The summed E-state index contributed by atoms with van der Waals surface area (Å²) < 4.78 is 58.7. The first-order valence-corrected chi connectivity index (χ1v) is 16.4. The first kappa shape index (κ1) is 30.5. The lowest BCUT2D eigenvalue weighted by atomic mass is 10.1. The zero-order chi connectivity index (χ0) is 31.6. The summed E-state index contributed by atoms with van der Waals surface area (Å²) in [6.07, 6.45) is 0. The van der Waals surface area contributed by atoms with Crippen molar-refractivity contribution in [2.24, 2.45) is 20.5 Å². The number of benzene rings is 5. The second kappa shape index (κ2) is 12.0. The Morgan fingerprint density at radius 3 is 1.98 bits per heavy atom. The zero-order valence-corrected chi connectivity index (χ0v) is 25.1. The lowest BCUT2D eigenvalue weighted by Gasteiger charge is -2.12. The van der Waals surface area contributed by atoms with Gasteiger partial charge in [0, 0.05) is 22.7 Å². The van der Waals surface area contributed by atoms with Crippen LogP contribution in [0.3, 0.4) is 0 Å². The molecular formula is C30H27N5O7S2. The molecule has 0 radical (unpaired) electrons. The van der Waals surface area contributed by atoms with E-state index in [0.29, 0.717) is 28.4 Å². The summed E-state index contributed by atoms with van der Waals surface area (Å²) in [4.78, 5) is -1.00. The van der Waals surface area contributed by atoms with Crippen LogP contribution in [0.25, 0.3) is 21.5 Å². The van der Waals surface area contributed by atoms with Crippen molar-refractivity contribution in [1.82, 2.24) is 0 Å². The van der Waals surface area contributed by atoms with E-state index >= 15 is 0 Å². The molecule has 0 saturated carbocycles. The first-order chi connectivity index (χ1) is 20.9. The number of aromatic hydroxyl groups is 2. The lowest BCUT2D eigenvalue weighted by molar-refractivity contribution is 0.480. The van der Waals surface area contributed by atoms with Crippen molar-refractivity contribution in [2.75, 3.05) is 17.6 Å². The number of hydrogen-bond acceptors (Lipinski definition) is 11. The molecule has 0 atom stereocenters. The average Bonchev–Trinajstić information content (AvgIpc) is 3.00. The van der Waals surface area contributed by atoms with Gasteiger partial charge in [-0.25, -0.2) is 8.42 Å². The Bertz CT molecular complexity index is 2200. The highest BCUT2D eigenvalue weighted by atomic mass is 32.2. The minimum absolute atomic E-state index is 0.0466. The Morgan fingerprint density at radius 2 is 1.30 bits per heavy atom. The third kappa shape index (κ3) is 5.95. The maximum absolute atomic E-state index is 12.3. The fraction of sp³-hybridized carbons (Fsp3) is 0.133. The lowest BCUT2D eigenvalue weighted by Crippen LogP contribution is -2.06. The van der Waals surface area contributed by atoms with Crippen molar-refractivity contribution in [3.8, 4) is 11.5 Å². The van der Waals surface area contributed by atoms with E-state index in [-0.39, 0.29) is 44.9 Å². The standard InChI is InChI=1S/C30H27N5O7S2/c1-3-31-24-15-12-22-21(28(24)35-32-23-14-10-19(43(38,39)4-2)17-27(23)44(40,41)42)11-16-26(30(22)37)34-33-25-13-9-18-7-5-6-8-20(18)29(25)36/h5-17,31,36-37H,3-4H2,1-2H3,(H,40,41,42)/b34-33+,35-32+. The van der Waals surface area contributed by atoms with Crippen molar-refractivity contribution in [3.05, 3.63) is 78.9 Å². The van der Waals surface area contributed by atoms with Crippen molar-refractivity contribution in [3.63, 3.8) is 0 Å². The van der Waals surface area contributed by atoms with Crippen LogP contribution in [0.15, 0.2) is 109 Å². The van der Waals surface area contributed by atoms with Crippen molar-refractivity contribution in [2.45, 2.75) is 23.6 Å². The van der Waals surface area contributed by atoms with Crippen LogP contribution in [0.2, 0.25) is 0 Å². The molecule has 0 fully saturated rings. The smallest absolute Gasteiger partial charge is 0.296 e. The normalized spacial score (nSPS) is 12.5. The molecule has 0 saturated heterocycles. The largest absolute Gasteiger partial charge is 0.505 e. The topological polar surface area (TPSA) is 190 Å². The van der Waals surface area contributed by atoms with Crippen LogP contribution in [-0.4, -0.2) is 43.9 Å². The number of hydrogen-bond donors (Lipinski definition) is 4. The fourth-order valence-electron chi connectivity index (χ4n) is 4.56. The number of nitrogens with one attached hydrogen (secondary N) is 1. The van der Waals surface area contributed by atoms with E-state index in [4.69, 9.17) is 0 Å². The van der Waals surface area contributed by atoms with Crippen LogP contribution in [0.1, 0.15) is 13.8 Å². The summed E-state index contributed by atoms with van der Waals surface area (Å²) in [5.41, 5.74) is 0.795. The zero-order valence-electron chi connectivity index (χ0n) is 23.5. The highest BCUT2D eigenvalue weighted by Crippen LogP contribution is 2.44. The van der Waals surface area contributed by atoms with Gasteiger partial charge in [-0.1, -0.05) is 37.3 Å². The van der Waals surface area contributed by atoms with Crippen LogP contribution in [-0.2, 0) is 20.0 Å². The maximum atomic E-state index is 12.3. The number of sulfone groups is 1. The van der Waals surface area contributed by atoms with Crippen LogP contribution in [0.5, 0.6) is 11.5 Å². The fourth-order valence-corrected chi connectivity index (χ4v) is 6.19. The molecule has 0 amide bonds. The quantitative estimate of drug-likeness (QED) is 0.0937. The summed E-state index contributed by atoms with van der Waals surface area (Å²) in [5.74, 6) is -0.538. The number of anilines is 1. The van der Waals surface area contributed by atoms with Gasteiger partial charge in [0.2, 0.25) is 0 Å². The molecule has 12 nitrogen and oxygen atoms in total. The van der Waals surface area contributed by atoms with Gasteiger partial charge < -0.3 is 15.5 Å². The van der Waals surface area contributed by atoms with Crippen LogP contribution < -0.4 is 5.32 Å². The number of rotatable bonds is 9. The molecule has 5 aromatic rings. The Labute approximate surface area is 253 Å². The van der Waals surface area contributed by atoms with Crippen molar-refractivity contribution >= 4 is 69.9 Å². The summed E-state index contributed by atoms with van der Waals surface area (Å²) >= 11 is 0. The highest BCUT2D eigenvalue weighted by Gasteiger charge is 2.21. The second-order valence-electron chi connectivity index (χ2n) is 9.58. The summed E-state index contributed by atoms with van der Waals surface area (Å²) in [6, 6.07) is 20.3.